The summed E-state index contributed by atoms with van der Waals surface area (Å²) in [6.45, 7) is 5.50. The van der Waals surface area contributed by atoms with E-state index in [9.17, 15) is 27.9 Å². The van der Waals surface area contributed by atoms with Gasteiger partial charge in [0.1, 0.15) is 11.9 Å². The zero-order valence-electron chi connectivity index (χ0n) is 24.4. The van der Waals surface area contributed by atoms with E-state index in [2.05, 4.69) is 5.32 Å². The zero-order valence-corrected chi connectivity index (χ0v) is 24.4. The predicted molar refractivity (Wildman–Crippen MR) is 152 cm³/mol. The van der Waals surface area contributed by atoms with Gasteiger partial charge in [0.05, 0.1) is 23.8 Å². The molecule has 2 aromatic carbocycles. The van der Waals surface area contributed by atoms with Crippen LogP contribution < -0.4 is 10.1 Å². The number of fused-ring (bicyclic) bond motifs is 1. The first-order chi connectivity index (χ1) is 19.3. The van der Waals surface area contributed by atoms with E-state index in [1.54, 1.807) is 30.0 Å². The summed E-state index contributed by atoms with van der Waals surface area (Å²) in [5.74, 6) is -0.195. The molecule has 3 rings (SSSR count). The minimum absolute atomic E-state index is 0.118. The average molecular weight is 579 g/mol. The highest BCUT2D eigenvalue weighted by Crippen LogP contribution is 2.32. The van der Waals surface area contributed by atoms with Crippen molar-refractivity contribution in [3.8, 4) is 5.75 Å². The molecule has 0 fully saturated rings. The fraction of sp³-hybridized carbons (Fsp3) is 0.533. The fourth-order valence-corrected chi connectivity index (χ4v) is 4.78. The molecule has 3 atom stereocenters. The van der Waals surface area contributed by atoms with Gasteiger partial charge in [-0.2, -0.15) is 13.2 Å². The van der Waals surface area contributed by atoms with Crippen LogP contribution in [-0.4, -0.2) is 91.2 Å². The maximum absolute atomic E-state index is 13.6. The van der Waals surface area contributed by atoms with Crippen molar-refractivity contribution in [3.63, 3.8) is 0 Å². The van der Waals surface area contributed by atoms with Crippen LogP contribution in [0.3, 0.4) is 0 Å². The number of rotatable bonds is 11. The number of benzene rings is 2. The first kappa shape index (κ1) is 32.4. The summed E-state index contributed by atoms with van der Waals surface area (Å²) in [5.41, 5.74) is 0.816. The Morgan fingerprint density at radius 2 is 1.85 bits per heavy atom. The van der Waals surface area contributed by atoms with Gasteiger partial charge in [-0.15, -0.1) is 0 Å². The minimum atomic E-state index is -4.39. The number of aliphatic hydroxyl groups is 1. The number of hydrogen-bond acceptors (Lipinski definition) is 6. The van der Waals surface area contributed by atoms with Crippen LogP contribution in [0.5, 0.6) is 5.75 Å². The number of carbonyl (C=O) groups is 2. The van der Waals surface area contributed by atoms with Crippen molar-refractivity contribution in [2.45, 2.75) is 51.6 Å². The van der Waals surface area contributed by atoms with Crippen LogP contribution in [0.15, 0.2) is 42.5 Å². The van der Waals surface area contributed by atoms with Gasteiger partial charge in [-0.05, 0) is 76.9 Å². The van der Waals surface area contributed by atoms with E-state index in [1.165, 1.54) is 12.1 Å². The molecule has 0 spiro atoms. The second-order valence-electron chi connectivity index (χ2n) is 11.2. The monoisotopic (exact) mass is 578 g/mol. The Labute approximate surface area is 240 Å². The van der Waals surface area contributed by atoms with E-state index in [0.29, 0.717) is 49.5 Å². The van der Waals surface area contributed by atoms with Gasteiger partial charge in [0.2, 0.25) is 5.91 Å². The molecule has 11 heteroatoms. The molecule has 2 aromatic rings. The van der Waals surface area contributed by atoms with Gasteiger partial charge >= 0.3 is 6.18 Å². The Hall–Kier alpha value is -3.15. The third-order valence-corrected chi connectivity index (χ3v) is 7.18. The Morgan fingerprint density at radius 1 is 1.17 bits per heavy atom. The highest BCUT2D eigenvalue weighted by Gasteiger charge is 2.34. The van der Waals surface area contributed by atoms with Gasteiger partial charge in [0.15, 0.2) is 0 Å². The van der Waals surface area contributed by atoms with Crippen LogP contribution in [0.4, 0.5) is 18.9 Å². The summed E-state index contributed by atoms with van der Waals surface area (Å²) in [4.78, 5) is 31.7. The van der Waals surface area contributed by atoms with E-state index in [1.807, 2.05) is 37.9 Å². The number of amides is 2. The van der Waals surface area contributed by atoms with Gasteiger partial charge in [-0.25, -0.2) is 0 Å². The first-order valence-electron chi connectivity index (χ1n) is 13.8. The lowest BCUT2D eigenvalue weighted by atomic mass is 9.99. The topological polar surface area (TPSA) is 85.3 Å². The number of ether oxygens (including phenoxy) is 1. The van der Waals surface area contributed by atoms with Gasteiger partial charge in [0.25, 0.3) is 5.91 Å². The smallest absolute Gasteiger partial charge is 0.416 e. The molecule has 2 N–H and O–H groups in total. The largest absolute Gasteiger partial charge is 0.488 e. The predicted octanol–water partition coefficient (Wildman–Crippen LogP) is 4.34. The minimum Gasteiger partial charge on any atom is -0.488 e. The van der Waals surface area contributed by atoms with Crippen LogP contribution in [0.25, 0.3) is 0 Å². The quantitative estimate of drug-likeness (QED) is 0.413. The van der Waals surface area contributed by atoms with Crippen molar-refractivity contribution >= 4 is 17.5 Å². The highest BCUT2D eigenvalue weighted by atomic mass is 19.4. The lowest BCUT2D eigenvalue weighted by Crippen LogP contribution is -2.49. The van der Waals surface area contributed by atoms with Crippen molar-refractivity contribution in [2.24, 2.45) is 5.92 Å². The van der Waals surface area contributed by atoms with E-state index >= 15 is 0 Å². The number of carbonyl (C=O) groups excluding carboxylic acids is 2. The molecule has 0 saturated heterocycles. The Morgan fingerprint density at radius 3 is 2.46 bits per heavy atom. The van der Waals surface area contributed by atoms with Gasteiger partial charge in [-0.1, -0.05) is 19.1 Å². The summed E-state index contributed by atoms with van der Waals surface area (Å²) in [5, 5.41) is 12.7. The first-order valence-corrected chi connectivity index (χ1v) is 13.8. The normalized spacial score (nSPS) is 18.5. The van der Waals surface area contributed by atoms with Crippen molar-refractivity contribution < 1.29 is 32.6 Å². The average Bonchev–Trinajstić information content (AvgIpc) is 2.90. The molecule has 41 heavy (non-hydrogen) atoms. The molecular weight excluding hydrogens is 537 g/mol. The summed E-state index contributed by atoms with van der Waals surface area (Å²) >= 11 is 0. The molecule has 1 aliphatic rings. The number of nitrogens with zero attached hydrogens (tertiary/aromatic N) is 3. The molecule has 0 radical (unpaired) electrons. The number of likely N-dealkylation sites (N-methyl/N-ethyl adjacent to an activating group) is 1. The fourth-order valence-electron chi connectivity index (χ4n) is 4.78. The Bertz CT molecular complexity index is 1170. The second kappa shape index (κ2) is 14.2. The molecular formula is C30H41F3N4O4. The standard InChI is InChI=1S/C30H41F3N4O4/c1-20-16-37(21(2)19-38)29(40)25-15-24(34-28(39)7-6-14-35(3)4)12-13-26(25)41-27(20)18-36(5)17-22-8-10-23(11-9-22)30(31,32)33/h8-13,15,20-21,27,38H,6-7,14,16-19H2,1-5H3,(H,34,39)/t20-,21-,27-/m1/s1. The van der Waals surface area contributed by atoms with E-state index < -0.39 is 17.8 Å². The molecule has 0 aliphatic carbocycles. The summed E-state index contributed by atoms with van der Waals surface area (Å²) in [6.07, 6.45) is -3.70. The number of anilines is 1. The molecule has 0 saturated carbocycles. The molecule has 226 valence electrons. The Kier molecular flexibility index (Phi) is 11.2. The van der Waals surface area contributed by atoms with Crippen molar-refractivity contribution in [1.82, 2.24) is 14.7 Å². The van der Waals surface area contributed by atoms with E-state index in [0.717, 1.165) is 24.2 Å². The Balaban J connectivity index is 1.80. The highest BCUT2D eigenvalue weighted by molar-refractivity contribution is 5.99. The number of hydrogen-bond donors (Lipinski definition) is 2. The molecule has 0 bridgehead atoms. The third-order valence-electron chi connectivity index (χ3n) is 7.18. The van der Waals surface area contributed by atoms with Crippen LogP contribution in [0.2, 0.25) is 0 Å². The maximum atomic E-state index is 13.6. The molecule has 1 aliphatic heterocycles. The van der Waals surface area contributed by atoms with Crippen LogP contribution in [-0.2, 0) is 17.5 Å². The summed E-state index contributed by atoms with van der Waals surface area (Å²) < 4.78 is 45.2. The van der Waals surface area contributed by atoms with Gasteiger partial charge in [0, 0.05) is 37.7 Å². The van der Waals surface area contributed by atoms with E-state index in [-0.39, 0.29) is 30.4 Å². The third kappa shape index (κ3) is 9.17. The van der Waals surface area contributed by atoms with Crippen LogP contribution in [0, 0.1) is 5.92 Å². The van der Waals surface area contributed by atoms with Crippen molar-refractivity contribution in [2.75, 3.05) is 52.7 Å². The molecule has 0 unspecified atom stereocenters. The van der Waals surface area contributed by atoms with Gasteiger partial charge < -0.3 is 25.0 Å². The molecule has 1 heterocycles. The number of alkyl halides is 3. The lowest BCUT2D eigenvalue weighted by Gasteiger charge is -2.38. The number of aliphatic hydroxyl groups excluding tert-OH is 1. The van der Waals surface area contributed by atoms with Crippen molar-refractivity contribution in [3.05, 3.63) is 59.2 Å². The summed E-state index contributed by atoms with van der Waals surface area (Å²) in [6, 6.07) is 9.63. The number of halogens is 3. The van der Waals surface area contributed by atoms with Gasteiger partial charge in [-0.3, -0.25) is 14.5 Å². The molecule has 0 aromatic heterocycles. The van der Waals surface area contributed by atoms with E-state index in [4.69, 9.17) is 4.74 Å². The SMILES string of the molecule is C[C@@H]1CN([C@H](C)CO)C(=O)c2cc(NC(=O)CCCN(C)C)ccc2O[C@@H]1CN(C)Cc1ccc(C(F)(F)F)cc1. The maximum Gasteiger partial charge on any atom is 0.416 e. The molecule has 8 nitrogen and oxygen atoms in total. The van der Waals surface area contributed by atoms with Crippen LogP contribution in [0.1, 0.15) is 48.2 Å². The zero-order chi connectivity index (χ0) is 30.3. The molecule has 2 amide bonds. The second-order valence-corrected chi connectivity index (χ2v) is 11.2. The lowest BCUT2D eigenvalue weighted by molar-refractivity contribution is -0.137. The number of nitrogens with one attached hydrogen (secondary N) is 1. The van der Waals surface area contributed by atoms with Crippen molar-refractivity contribution in [1.29, 1.82) is 0 Å². The summed E-state index contributed by atoms with van der Waals surface area (Å²) in [7, 11) is 5.75. The van der Waals surface area contributed by atoms with Crippen LogP contribution >= 0.6 is 0 Å².